The molecule has 14 heavy (non-hydrogen) atoms. The molecule has 0 spiro atoms. The number of nitrogens with two attached hydrogens (primary N) is 1. The number of halogens is 1. The number of benzene rings is 1. The minimum absolute atomic E-state index is 0.0194. The fourth-order valence-electron chi connectivity index (χ4n) is 0.964. The zero-order valence-electron chi connectivity index (χ0n) is 7.25. The number of amides is 1. The van der Waals surface area contributed by atoms with Crippen LogP contribution >= 0.6 is 0 Å². The van der Waals surface area contributed by atoms with Crippen molar-refractivity contribution in [1.29, 1.82) is 0 Å². The number of hydrogen-bond acceptors (Lipinski definition) is 2. The lowest BCUT2D eigenvalue weighted by molar-refractivity contribution is 0.0999. The average molecular weight is 193 g/mol. The van der Waals surface area contributed by atoms with Crippen LogP contribution in [0.15, 0.2) is 18.2 Å². The maximum absolute atomic E-state index is 12.7. The lowest BCUT2D eigenvalue weighted by atomic mass is 10.1. The zero-order chi connectivity index (χ0) is 10.6. The second-order valence-electron chi connectivity index (χ2n) is 2.51. The Hall–Kier alpha value is -1.86. The first-order valence-corrected chi connectivity index (χ1v) is 3.84. The van der Waals surface area contributed by atoms with Gasteiger partial charge in [-0.05, 0) is 18.2 Å². The van der Waals surface area contributed by atoms with Gasteiger partial charge in [0.25, 0.3) is 0 Å². The molecule has 0 aliphatic heterocycles. The van der Waals surface area contributed by atoms with Gasteiger partial charge in [0.1, 0.15) is 12.4 Å². The lowest BCUT2D eigenvalue weighted by Gasteiger charge is -1.99. The molecule has 72 valence electrons. The molecule has 1 aromatic rings. The number of carbonyl (C=O) groups excluding carboxylic acids is 1. The SMILES string of the molecule is NC(=O)c1cc(F)ccc1C#CCO. The highest BCUT2D eigenvalue weighted by atomic mass is 19.1. The molecule has 3 nitrogen and oxygen atoms in total. The van der Waals surface area contributed by atoms with Crippen LogP contribution in [0.2, 0.25) is 0 Å². The molecule has 3 N–H and O–H groups in total. The van der Waals surface area contributed by atoms with E-state index in [2.05, 4.69) is 11.8 Å². The molecule has 1 aromatic carbocycles. The monoisotopic (exact) mass is 193 g/mol. The predicted molar refractivity (Wildman–Crippen MR) is 48.9 cm³/mol. The van der Waals surface area contributed by atoms with Crippen LogP contribution in [0.1, 0.15) is 15.9 Å². The van der Waals surface area contributed by atoms with Crippen molar-refractivity contribution >= 4 is 5.91 Å². The van der Waals surface area contributed by atoms with Gasteiger partial charge in [0, 0.05) is 5.56 Å². The van der Waals surface area contributed by atoms with Crippen molar-refractivity contribution in [3.8, 4) is 11.8 Å². The summed E-state index contributed by atoms with van der Waals surface area (Å²) in [5.74, 6) is 3.57. The van der Waals surface area contributed by atoms with Gasteiger partial charge in [0.15, 0.2) is 0 Å². The maximum atomic E-state index is 12.7. The van der Waals surface area contributed by atoms with Gasteiger partial charge in [-0.3, -0.25) is 4.79 Å². The topological polar surface area (TPSA) is 63.3 Å². The van der Waals surface area contributed by atoms with E-state index in [-0.39, 0.29) is 12.2 Å². The molecule has 4 heteroatoms. The van der Waals surface area contributed by atoms with Gasteiger partial charge in [-0.2, -0.15) is 0 Å². The van der Waals surface area contributed by atoms with Crippen molar-refractivity contribution in [1.82, 2.24) is 0 Å². The fourth-order valence-corrected chi connectivity index (χ4v) is 0.964. The molecule has 0 radical (unpaired) electrons. The second kappa shape index (κ2) is 4.40. The molecular weight excluding hydrogens is 185 g/mol. The van der Waals surface area contributed by atoms with Gasteiger partial charge < -0.3 is 10.8 Å². The summed E-state index contributed by atoms with van der Waals surface area (Å²) >= 11 is 0. The van der Waals surface area contributed by atoms with E-state index in [0.717, 1.165) is 6.07 Å². The van der Waals surface area contributed by atoms with E-state index < -0.39 is 11.7 Å². The van der Waals surface area contributed by atoms with E-state index in [1.54, 1.807) is 0 Å². The molecule has 0 heterocycles. The Kier molecular flexibility index (Phi) is 3.21. The molecule has 0 unspecified atom stereocenters. The van der Waals surface area contributed by atoms with Crippen LogP contribution in [0.4, 0.5) is 4.39 Å². The van der Waals surface area contributed by atoms with Crippen LogP contribution < -0.4 is 5.73 Å². The van der Waals surface area contributed by atoms with Crippen LogP contribution in [0, 0.1) is 17.7 Å². The van der Waals surface area contributed by atoms with Crippen molar-refractivity contribution in [2.24, 2.45) is 5.73 Å². The maximum Gasteiger partial charge on any atom is 0.250 e. The van der Waals surface area contributed by atoms with Crippen molar-refractivity contribution in [3.63, 3.8) is 0 Å². The Morgan fingerprint density at radius 3 is 2.86 bits per heavy atom. The average Bonchev–Trinajstić information content (AvgIpc) is 2.15. The van der Waals surface area contributed by atoms with E-state index in [9.17, 15) is 9.18 Å². The fraction of sp³-hybridized carbons (Fsp3) is 0.100. The van der Waals surface area contributed by atoms with Crippen molar-refractivity contribution < 1.29 is 14.3 Å². The summed E-state index contributed by atoms with van der Waals surface area (Å²) in [4.78, 5) is 10.9. The first-order valence-electron chi connectivity index (χ1n) is 3.84. The van der Waals surface area contributed by atoms with Gasteiger partial charge >= 0.3 is 0 Å². The summed E-state index contributed by atoms with van der Waals surface area (Å²) in [5.41, 5.74) is 5.35. The molecule has 0 aromatic heterocycles. The highest BCUT2D eigenvalue weighted by Crippen LogP contribution is 2.09. The molecule has 0 bridgehead atoms. The molecule has 0 fully saturated rings. The first-order chi connectivity index (χ1) is 6.65. The molecule has 1 rings (SSSR count). The van der Waals surface area contributed by atoms with Gasteiger partial charge in [0.2, 0.25) is 5.91 Å². The Labute approximate surface area is 80.4 Å². The molecule has 0 saturated carbocycles. The highest BCUT2D eigenvalue weighted by molar-refractivity contribution is 5.95. The van der Waals surface area contributed by atoms with E-state index in [0.29, 0.717) is 5.56 Å². The third kappa shape index (κ3) is 2.31. The summed E-state index contributed by atoms with van der Waals surface area (Å²) in [6, 6.07) is 3.54. The third-order valence-corrected chi connectivity index (χ3v) is 1.55. The Bertz CT molecular complexity index is 418. The van der Waals surface area contributed by atoms with Crippen molar-refractivity contribution in [2.45, 2.75) is 0 Å². The number of hydrogen-bond donors (Lipinski definition) is 2. The number of aliphatic hydroxyl groups excluding tert-OH is 1. The minimum atomic E-state index is -0.744. The quantitative estimate of drug-likeness (QED) is 0.629. The zero-order valence-corrected chi connectivity index (χ0v) is 7.25. The molecule has 0 aliphatic rings. The van der Waals surface area contributed by atoms with Crippen molar-refractivity contribution in [2.75, 3.05) is 6.61 Å². The van der Waals surface area contributed by atoms with Gasteiger partial charge in [-0.15, -0.1) is 0 Å². The number of primary amides is 1. The summed E-state index contributed by atoms with van der Waals surface area (Å²) in [6.07, 6.45) is 0. The first kappa shape index (κ1) is 10.2. The van der Waals surface area contributed by atoms with E-state index in [1.807, 2.05) is 0 Å². The Morgan fingerprint density at radius 1 is 1.57 bits per heavy atom. The van der Waals surface area contributed by atoms with Crippen LogP contribution in [0.3, 0.4) is 0 Å². The molecule has 0 saturated heterocycles. The largest absolute Gasteiger partial charge is 0.384 e. The predicted octanol–water partition coefficient (Wildman–Crippen LogP) is 0.268. The Morgan fingerprint density at radius 2 is 2.29 bits per heavy atom. The number of carbonyl (C=O) groups is 1. The summed E-state index contributed by atoms with van der Waals surface area (Å²) in [5, 5.41) is 8.45. The smallest absolute Gasteiger partial charge is 0.250 e. The van der Waals surface area contributed by atoms with E-state index in [4.69, 9.17) is 10.8 Å². The number of aliphatic hydroxyl groups is 1. The third-order valence-electron chi connectivity index (χ3n) is 1.55. The van der Waals surface area contributed by atoms with Crippen LogP contribution in [0.5, 0.6) is 0 Å². The molecule has 0 aliphatic carbocycles. The van der Waals surface area contributed by atoms with Crippen LogP contribution in [-0.2, 0) is 0 Å². The summed E-state index contributed by atoms with van der Waals surface area (Å²) in [7, 11) is 0. The summed E-state index contributed by atoms with van der Waals surface area (Å²) in [6.45, 7) is -0.324. The van der Waals surface area contributed by atoms with E-state index in [1.165, 1.54) is 12.1 Å². The minimum Gasteiger partial charge on any atom is -0.384 e. The van der Waals surface area contributed by atoms with Gasteiger partial charge in [0.05, 0.1) is 5.56 Å². The molecule has 0 atom stereocenters. The van der Waals surface area contributed by atoms with Gasteiger partial charge in [-0.1, -0.05) is 11.8 Å². The standard InChI is InChI=1S/C10H8FNO2/c11-8-4-3-7(2-1-5-13)9(6-8)10(12)14/h3-4,6,13H,5H2,(H2,12,14). The second-order valence-corrected chi connectivity index (χ2v) is 2.51. The van der Waals surface area contributed by atoms with E-state index >= 15 is 0 Å². The molecule has 1 amide bonds. The normalized spacial score (nSPS) is 9.00. The Balaban J connectivity index is 3.22. The van der Waals surface area contributed by atoms with Crippen LogP contribution in [0.25, 0.3) is 0 Å². The number of rotatable bonds is 1. The highest BCUT2D eigenvalue weighted by Gasteiger charge is 2.07. The lowest BCUT2D eigenvalue weighted by Crippen LogP contribution is -2.13. The van der Waals surface area contributed by atoms with Crippen molar-refractivity contribution in [3.05, 3.63) is 35.1 Å². The summed E-state index contributed by atoms with van der Waals surface area (Å²) < 4.78 is 12.7. The van der Waals surface area contributed by atoms with Gasteiger partial charge in [-0.25, -0.2) is 4.39 Å². The van der Waals surface area contributed by atoms with Crippen LogP contribution in [-0.4, -0.2) is 17.6 Å². The molecular formula is C10H8FNO2.